The Balaban J connectivity index is 0.886. The van der Waals surface area contributed by atoms with E-state index in [1.807, 2.05) is 69.8 Å². The smallest absolute Gasteiger partial charge is 0.294 e. The molecule has 9 rings (SSSR count). The third-order valence-corrected chi connectivity index (χ3v) is 21.7. The van der Waals surface area contributed by atoms with Gasteiger partial charge in [0.05, 0.1) is 36.8 Å². The highest BCUT2D eigenvalue weighted by atomic mass is 32.2. The van der Waals surface area contributed by atoms with Crippen molar-refractivity contribution in [2.24, 2.45) is 0 Å². The van der Waals surface area contributed by atoms with E-state index in [9.17, 15) is 52.1 Å². The zero-order chi connectivity index (χ0) is 64.3. The summed E-state index contributed by atoms with van der Waals surface area (Å²) in [5.41, 5.74) is 6.69. The Morgan fingerprint density at radius 3 is 2.31 bits per heavy atom. The van der Waals surface area contributed by atoms with Crippen LogP contribution in [0.25, 0.3) is 21.5 Å². The molecule has 6 aromatic rings. The van der Waals surface area contributed by atoms with Gasteiger partial charge in [-0.2, -0.15) is 21.4 Å². The fraction of sp³-hybridized carbons (Fsp3) is 0.431. The number of rotatable bonds is 27. The van der Waals surface area contributed by atoms with Crippen LogP contribution in [0, 0.1) is 6.92 Å². The molecule has 0 fully saturated rings. The molecular weight excluding hydrogens is 1210 g/mol. The van der Waals surface area contributed by atoms with Gasteiger partial charge in [-0.25, -0.2) is 36.1 Å². The first kappa shape index (κ1) is 66.6. The normalized spacial score (nSPS) is 16.7. The van der Waals surface area contributed by atoms with Crippen molar-refractivity contribution in [2.75, 3.05) is 54.9 Å². The molecule has 2 aromatic heterocycles. The number of unbranched alkanes of at least 4 members (excludes halogenated alkanes) is 3. The molecule has 476 valence electrons. The molecule has 0 bridgehead atoms. The fourth-order valence-corrected chi connectivity index (χ4v) is 15.6. The highest BCUT2D eigenvalue weighted by Crippen LogP contribution is 2.51. The van der Waals surface area contributed by atoms with E-state index in [0.717, 1.165) is 109 Å². The number of sulfonamides is 1. The lowest BCUT2D eigenvalue weighted by Crippen LogP contribution is -2.30. The van der Waals surface area contributed by atoms with Gasteiger partial charge in [-0.3, -0.25) is 13.9 Å². The topological polar surface area (TPSA) is 289 Å². The number of fused-ring (bicyclic) bond motifs is 7. The maximum Gasteiger partial charge on any atom is 0.294 e. The third kappa shape index (κ3) is 15.4. The first-order chi connectivity index (χ1) is 42.0. The number of aromatic nitrogens is 3. The van der Waals surface area contributed by atoms with Crippen LogP contribution in [0.4, 0.5) is 17.2 Å². The van der Waals surface area contributed by atoms with Crippen LogP contribution >= 0.6 is 0 Å². The number of amides is 1. The largest absolute Gasteiger partial charge is 0.748 e. The van der Waals surface area contributed by atoms with Gasteiger partial charge >= 0.3 is 0 Å². The third-order valence-electron chi connectivity index (χ3n) is 17.4. The van der Waals surface area contributed by atoms with E-state index in [2.05, 4.69) is 33.6 Å². The maximum atomic E-state index is 14.6. The van der Waals surface area contributed by atoms with Gasteiger partial charge < -0.3 is 20.1 Å². The minimum Gasteiger partial charge on any atom is -0.748 e. The molecule has 0 radical (unpaired) electrons. The van der Waals surface area contributed by atoms with E-state index in [-0.39, 0.29) is 54.6 Å². The highest BCUT2D eigenvalue weighted by Gasteiger charge is 2.46. The maximum absolute atomic E-state index is 14.6. The van der Waals surface area contributed by atoms with Crippen molar-refractivity contribution in [1.29, 1.82) is 0 Å². The molecule has 89 heavy (non-hydrogen) atoms. The zero-order valence-electron chi connectivity index (χ0n) is 51.5. The van der Waals surface area contributed by atoms with Crippen molar-refractivity contribution in [1.82, 2.24) is 24.6 Å². The van der Waals surface area contributed by atoms with Gasteiger partial charge in [0.2, 0.25) is 21.6 Å². The number of pyridine rings is 1. The average Bonchev–Trinajstić information content (AvgIpc) is 1.80. The summed E-state index contributed by atoms with van der Waals surface area (Å²) in [6.07, 6.45) is 21.2. The van der Waals surface area contributed by atoms with Gasteiger partial charge in [-0.05, 0) is 146 Å². The van der Waals surface area contributed by atoms with Gasteiger partial charge in [-0.15, -0.1) is 0 Å². The summed E-state index contributed by atoms with van der Waals surface area (Å²) in [5.74, 6) is 0.670. The molecular formula is C65H80N8O12S4. The molecule has 3 aliphatic rings. The molecule has 3 aliphatic heterocycles. The Bertz CT molecular complexity index is 4300. The van der Waals surface area contributed by atoms with Crippen LogP contribution in [-0.4, -0.2) is 128 Å². The second-order valence-corrected chi connectivity index (χ2v) is 31.1. The lowest BCUT2D eigenvalue weighted by molar-refractivity contribution is -0.437. The monoisotopic (exact) mass is 1290 g/mol. The van der Waals surface area contributed by atoms with E-state index in [0.29, 0.717) is 51.0 Å². The van der Waals surface area contributed by atoms with Crippen LogP contribution in [0.2, 0.25) is 0 Å². The summed E-state index contributed by atoms with van der Waals surface area (Å²) in [7, 11) is -16.1. The standard InChI is InChI=1S/C65H80N8O12S4/c1-44(49-42-67-45(2)68-43-49)19-11-8-9-12-22-54-48(39-47-20-16-33-66-63(47)70-54)41-69-60(74)26-17-34-71(7)88(81,82)57-23-15-21-52-51(57)30-32-56-61(52)64(3,4)58(72(56)35-18-37-86(75,76)77)24-13-10-14-25-59-65(5,6)62-53-40-50(89(83,84)85)29-27-46(53)28-31-55(62)73(59)36-38-87(78,79)80/h10,13-15,21,23-25,27-32,39-40,42-44H,8-9,11-12,16-20,22,26,33-38,41H2,1-7H3,(H4-,66,69,70,74,75,76,77,78,79,80,83,84,85)/t44-/m1/s1. The first-order valence-electron chi connectivity index (χ1n) is 30.2. The number of carbonyl (C=O) groups is 1. The van der Waals surface area contributed by atoms with Crippen LogP contribution in [-0.2, 0) is 75.4 Å². The molecule has 0 aliphatic carbocycles. The van der Waals surface area contributed by atoms with E-state index in [4.69, 9.17) is 4.98 Å². The predicted octanol–water partition coefficient (Wildman–Crippen LogP) is 10.1. The van der Waals surface area contributed by atoms with Gasteiger partial charge in [-0.1, -0.05) is 82.5 Å². The molecule has 1 atom stereocenters. The Kier molecular flexibility index (Phi) is 20.2. The van der Waals surface area contributed by atoms with Crippen LogP contribution in [0.3, 0.4) is 0 Å². The van der Waals surface area contributed by atoms with Crippen molar-refractivity contribution in [3.05, 3.63) is 155 Å². The van der Waals surface area contributed by atoms with Crippen LogP contribution in [0.1, 0.15) is 138 Å². The Labute approximate surface area is 523 Å². The average molecular weight is 1290 g/mol. The molecule has 1 amide bonds. The van der Waals surface area contributed by atoms with E-state index < -0.39 is 62.7 Å². The molecule has 0 unspecified atom stereocenters. The molecule has 4 aromatic carbocycles. The lowest BCUT2D eigenvalue weighted by atomic mass is 9.79. The SMILES string of the molecule is Cc1ncc([C@H](C)CCCCCCc2nc3c(cc2CNC(=O)CCCN(C)S(=O)(=O)c2cccc4c5c(ccc24)[N+](CCCS(=O)(=O)O)=C(/C=C/C=C/C=C2/N(CCS(=O)(=O)[O-])c4ccc6ccc(S(=O)(=O)O)cc6c4C2(C)C)C5(C)C)CCCN3)cn1. The molecule has 4 N–H and O–H groups in total. The number of aryl methyl sites for hydroxylation is 3. The highest BCUT2D eigenvalue weighted by molar-refractivity contribution is 7.89. The Morgan fingerprint density at radius 1 is 0.843 bits per heavy atom. The lowest BCUT2D eigenvalue weighted by Gasteiger charge is -2.27. The Hall–Kier alpha value is -6.77. The summed E-state index contributed by atoms with van der Waals surface area (Å²) in [6, 6.07) is 18.6. The summed E-state index contributed by atoms with van der Waals surface area (Å²) in [6.45, 7) is 13.1. The van der Waals surface area contributed by atoms with E-state index in [1.54, 1.807) is 65.6 Å². The van der Waals surface area contributed by atoms with E-state index >= 15 is 0 Å². The number of hydrogen-bond donors (Lipinski definition) is 4. The number of nitrogens with one attached hydrogen (secondary N) is 2. The van der Waals surface area contributed by atoms with Crippen LogP contribution in [0.15, 0.2) is 125 Å². The van der Waals surface area contributed by atoms with E-state index in [1.165, 1.54) is 23.5 Å². The number of carbonyl (C=O) groups excluding carboxylic acids is 1. The first-order valence-corrected chi connectivity index (χ1v) is 36.3. The summed E-state index contributed by atoms with van der Waals surface area (Å²) in [4.78, 5) is 28.7. The van der Waals surface area contributed by atoms with Crippen molar-refractivity contribution in [3.8, 4) is 0 Å². The fourth-order valence-electron chi connectivity index (χ4n) is 12.8. The van der Waals surface area contributed by atoms with Crippen molar-refractivity contribution in [3.63, 3.8) is 0 Å². The number of anilines is 2. The quantitative estimate of drug-likeness (QED) is 0.0161. The summed E-state index contributed by atoms with van der Waals surface area (Å²) < 4.78 is 136. The van der Waals surface area contributed by atoms with Gasteiger partial charge in [0.25, 0.3) is 20.2 Å². The Morgan fingerprint density at radius 2 is 1.58 bits per heavy atom. The number of nitrogens with zero attached hydrogens (tertiary/aromatic N) is 6. The summed E-state index contributed by atoms with van der Waals surface area (Å²) >= 11 is 0. The predicted molar refractivity (Wildman–Crippen MR) is 347 cm³/mol. The zero-order valence-corrected chi connectivity index (χ0v) is 54.8. The van der Waals surface area contributed by atoms with Crippen molar-refractivity contribution >= 4 is 90.7 Å². The minimum atomic E-state index is -4.65. The molecule has 24 heteroatoms. The molecule has 0 saturated carbocycles. The molecule has 0 spiro atoms. The molecule has 20 nitrogen and oxygen atoms in total. The second-order valence-electron chi connectivity index (χ2n) is 24.5. The van der Waals surface area contributed by atoms with Gasteiger partial charge in [0.1, 0.15) is 18.2 Å². The summed E-state index contributed by atoms with van der Waals surface area (Å²) in [5, 5.41) is 8.87. The molecule has 0 saturated heterocycles. The van der Waals surface area contributed by atoms with Crippen LogP contribution < -0.4 is 15.5 Å². The van der Waals surface area contributed by atoms with Gasteiger partial charge in [0, 0.05) is 104 Å². The van der Waals surface area contributed by atoms with Crippen molar-refractivity contribution < 1.29 is 56.7 Å². The van der Waals surface area contributed by atoms with Crippen LogP contribution in [0.5, 0.6) is 0 Å². The second kappa shape index (κ2) is 27.0. The minimum absolute atomic E-state index is 0.0606. The number of allylic oxidation sites excluding steroid dienone is 6. The molecule has 5 heterocycles. The number of benzene rings is 4. The van der Waals surface area contributed by atoms with Gasteiger partial charge in [0.15, 0.2) is 5.71 Å². The number of hydrogen-bond acceptors (Lipinski definition) is 15. The van der Waals surface area contributed by atoms with Crippen molar-refractivity contribution in [2.45, 2.75) is 145 Å².